The van der Waals surface area contributed by atoms with Crippen molar-refractivity contribution in [2.45, 2.75) is 88.9 Å². The highest BCUT2D eigenvalue weighted by atomic mass is 32.2. The SMILES string of the molecule is CCC1(COC(=O)c2cc(C(=O)OCC34C=C5CC(CC(C5)C3)C4)cc(S(=O)(=O)O)c2)CC2CCCC(C2)C1. The van der Waals surface area contributed by atoms with Crippen molar-refractivity contribution in [3.63, 3.8) is 0 Å². The molecule has 4 atom stereocenters. The van der Waals surface area contributed by atoms with Gasteiger partial charge >= 0.3 is 11.9 Å². The number of rotatable bonds is 8. The lowest BCUT2D eigenvalue weighted by atomic mass is 9.55. The molecular weight excluding hydrogens is 516 g/mol. The first-order chi connectivity index (χ1) is 18.5. The number of fused-ring (bicyclic) bond motifs is 2. The molecule has 0 spiro atoms. The van der Waals surface area contributed by atoms with Crippen LogP contribution in [0.25, 0.3) is 0 Å². The third-order valence-electron chi connectivity index (χ3n) is 10.4. The molecule has 1 N–H and O–H groups in total. The molecule has 6 aliphatic rings. The van der Waals surface area contributed by atoms with E-state index in [1.807, 2.05) is 0 Å². The van der Waals surface area contributed by atoms with Crippen LogP contribution >= 0.6 is 0 Å². The summed E-state index contributed by atoms with van der Waals surface area (Å²) in [6.07, 6.45) is 15.8. The maximum atomic E-state index is 13.2. The summed E-state index contributed by atoms with van der Waals surface area (Å²) in [7, 11) is -4.65. The Hall–Kier alpha value is -2.19. The van der Waals surface area contributed by atoms with E-state index in [0.717, 1.165) is 57.1 Å². The number of hydrogen-bond acceptors (Lipinski definition) is 6. The number of carbonyl (C=O) groups excluding carboxylic acids is 2. The van der Waals surface area contributed by atoms with Gasteiger partial charge in [-0.15, -0.1) is 0 Å². The van der Waals surface area contributed by atoms with Gasteiger partial charge in [0.05, 0.1) is 22.6 Å². The number of esters is 2. The maximum absolute atomic E-state index is 13.2. The summed E-state index contributed by atoms with van der Waals surface area (Å²) in [5.41, 5.74) is 1.10. The summed E-state index contributed by atoms with van der Waals surface area (Å²) < 4.78 is 45.3. The summed E-state index contributed by atoms with van der Waals surface area (Å²) in [6, 6.07) is 3.47. The van der Waals surface area contributed by atoms with Crippen LogP contribution < -0.4 is 0 Å². The minimum Gasteiger partial charge on any atom is -0.462 e. The first-order valence-electron chi connectivity index (χ1n) is 14.7. The van der Waals surface area contributed by atoms with Crippen molar-refractivity contribution in [1.29, 1.82) is 0 Å². The molecule has 0 aliphatic heterocycles. The lowest BCUT2D eigenvalue weighted by Crippen LogP contribution is -2.43. The van der Waals surface area contributed by atoms with Gasteiger partial charge < -0.3 is 9.47 Å². The predicted octanol–water partition coefficient (Wildman–Crippen LogP) is 6.38. The van der Waals surface area contributed by atoms with Crippen LogP contribution in [0.4, 0.5) is 0 Å². The van der Waals surface area contributed by atoms with Gasteiger partial charge in [0.2, 0.25) is 0 Å². The van der Waals surface area contributed by atoms with Gasteiger partial charge in [0, 0.05) is 10.8 Å². The molecule has 1 aromatic rings. The van der Waals surface area contributed by atoms with E-state index in [4.69, 9.17) is 9.47 Å². The maximum Gasteiger partial charge on any atom is 0.338 e. The summed E-state index contributed by atoms with van der Waals surface area (Å²) >= 11 is 0. The quantitative estimate of drug-likeness (QED) is 0.225. The third-order valence-corrected chi connectivity index (χ3v) is 11.3. The summed E-state index contributed by atoms with van der Waals surface area (Å²) in [6.45, 7) is 2.64. The third kappa shape index (κ3) is 5.56. The predicted molar refractivity (Wildman–Crippen MR) is 145 cm³/mol. The monoisotopic (exact) mass is 556 g/mol. The minimum atomic E-state index is -4.65. The van der Waals surface area contributed by atoms with Crippen LogP contribution in [0, 0.1) is 34.5 Å². The summed E-state index contributed by atoms with van der Waals surface area (Å²) in [5.74, 6) is 1.25. The van der Waals surface area contributed by atoms with Crippen molar-refractivity contribution < 1.29 is 32.0 Å². The Bertz CT molecular complexity index is 1270. The molecule has 212 valence electrons. The Morgan fingerprint density at radius 1 is 0.872 bits per heavy atom. The van der Waals surface area contributed by atoms with E-state index >= 15 is 0 Å². The zero-order chi connectivity index (χ0) is 27.4. The molecule has 0 aromatic heterocycles. The number of allylic oxidation sites excluding steroid dienone is 1. The Kier molecular flexibility index (Phi) is 6.94. The van der Waals surface area contributed by atoms with Crippen LogP contribution in [0.1, 0.15) is 105 Å². The van der Waals surface area contributed by atoms with E-state index < -0.39 is 27.0 Å². The lowest BCUT2D eigenvalue weighted by Gasteiger charge is -2.51. The van der Waals surface area contributed by atoms with Crippen molar-refractivity contribution in [3.8, 4) is 0 Å². The highest BCUT2D eigenvalue weighted by molar-refractivity contribution is 7.85. The van der Waals surface area contributed by atoms with Gasteiger partial charge in [-0.05, 0) is 99.7 Å². The molecule has 4 saturated carbocycles. The van der Waals surface area contributed by atoms with Gasteiger partial charge in [-0.1, -0.05) is 37.8 Å². The van der Waals surface area contributed by atoms with Gasteiger partial charge in [-0.2, -0.15) is 8.42 Å². The Balaban J connectivity index is 1.17. The standard InChI is InChI=1S/C31H40O7S/c1-2-30(13-20-4-3-5-21(6-20)14-30)18-37-28(32)25-10-26(12-27(11-25)39(34,35)36)29(33)38-19-31-15-22-7-23(16-31)9-24(8-22)17-31/h10-12,15,20-21,23-24H,2-9,13-14,16-19H2,1H3,(H,34,35,36). The van der Waals surface area contributed by atoms with Crippen molar-refractivity contribution in [3.05, 3.63) is 41.0 Å². The van der Waals surface area contributed by atoms with Crippen LogP contribution in [0.5, 0.6) is 0 Å². The number of hydrogen-bond donors (Lipinski definition) is 1. The largest absolute Gasteiger partial charge is 0.462 e. The van der Waals surface area contributed by atoms with Crippen molar-refractivity contribution >= 4 is 22.1 Å². The number of ether oxygens (including phenoxy) is 2. The van der Waals surface area contributed by atoms with Crippen molar-refractivity contribution in [2.75, 3.05) is 13.2 Å². The highest BCUT2D eigenvalue weighted by Gasteiger charge is 2.47. The molecule has 4 fully saturated rings. The zero-order valence-electron chi connectivity index (χ0n) is 22.8. The van der Waals surface area contributed by atoms with Gasteiger partial charge in [0.25, 0.3) is 10.1 Å². The molecule has 4 unspecified atom stereocenters. The van der Waals surface area contributed by atoms with Gasteiger partial charge in [0.1, 0.15) is 6.61 Å². The fourth-order valence-electron chi connectivity index (χ4n) is 9.00. The first-order valence-corrected chi connectivity index (χ1v) is 16.2. The van der Waals surface area contributed by atoms with Crippen LogP contribution in [0.3, 0.4) is 0 Å². The van der Waals surface area contributed by atoms with Gasteiger partial charge in [0.15, 0.2) is 0 Å². The molecule has 6 bridgehead atoms. The van der Waals surface area contributed by atoms with Crippen molar-refractivity contribution in [2.24, 2.45) is 34.5 Å². The molecule has 7 nitrogen and oxygen atoms in total. The highest BCUT2D eigenvalue weighted by Crippen LogP contribution is 2.56. The number of carbonyl (C=O) groups is 2. The second-order valence-electron chi connectivity index (χ2n) is 13.5. The Morgan fingerprint density at radius 2 is 1.44 bits per heavy atom. The van der Waals surface area contributed by atoms with E-state index in [-0.39, 0.29) is 35.2 Å². The van der Waals surface area contributed by atoms with Gasteiger partial charge in [-0.25, -0.2) is 9.59 Å². The van der Waals surface area contributed by atoms with E-state index in [2.05, 4.69) is 13.0 Å². The second-order valence-corrected chi connectivity index (χ2v) is 14.9. The molecule has 8 heteroatoms. The second kappa shape index (κ2) is 10.0. The Morgan fingerprint density at radius 3 is 1.97 bits per heavy atom. The molecule has 0 heterocycles. The fourth-order valence-corrected chi connectivity index (χ4v) is 9.56. The van der Waals surface area contributed by atoms with Gasteiger partial charge in [-0.3, -0.25) is 4.55 Å². The van der Waals surface area contributed by atoms with E-state index in [1.165, 1.54) is 43.7 Å². The normalized spacial score (nSPS) is 34.9. The topological polar surface area (TPSA) is 107 Å². The summed E-state index contributed by atoms with van der Waals surface area (Å²) in [4.78, 5) is 25.8. The van der Waals surface area contributed by atoms with E-state index in [9.17, 15) is 22.6 Å². The Labute approximate surface area is 231 Å². The molecule has 1 aromatic carbocycles. The molecule has 0 radical (unpaired) electrons. The molecular formula is C31H40O7S. The van der Waals surface area contributed by atoms with E-state index in [0.29, 0.717) is 23.7 Å². The van der Waals surface area contributed by atoms with Crippen LogP contribution in [0.2, 0.25) is 0 Å². The summed E-state index contributed by atoms with van der Waals surface area (Å²) in [5, 5.41) is 0. The van der Waals surface area contributed by atoms with Crippen molar-refractivity contribution in [1.82, 2.24) is 0 Å². The molecule has 7 rings (SSSR count). The zero-order valence-corrected chi connectivity index (χ0v) is 23.6. The van der Waals surface area contributed by atoms with Crippen LogP contribution in [-0.4, -0.2) is 38.1 Å². The number of benzene rings is 1. The van der Waals surface area contributed by atoms with Crippen LogP contribution in [-0.2, 0) is 19.6 Å². The molecule has 0 saturated heterocycles. The average molecular weight is 557 g/mol. The minimum absolute atomic E-state index is 0.0710. The first kappa shape index (κ1) is 27.0. The molecule has 39 heavy (non-hydrogen) atoms. The fraction of sp³-hybridized carbons (Fsp3) is 0.677. The smallest absolute Gasteiger partial charge is 0.338 e. The molecule has 0 amide bonds. The van der Waals surface area contributed by atoms with Crippen LogP contribution in [0.15, 0.2) is 34.7 Å². The molecule has 6 aliphatic carbocycles. The van der Waals surface area contributed by atoms with E-state index in [1.54, 1.807) is 0 Å². The average Bonchev–Trinajstić information content (AvgIpc) is 2.88. The lowest BCUT2D eigenvalue weighted by molar-refractivity contribution is -0.0166.